The van der Waals surface area contributed by atoms with Crippen molar-refractivity contribution in [1.82, 2.24) is 31.9 Å². The Kier molecular flexibility index (Phi) is 21.7. The first-order valence-corrected chi connectivity index (χ1v) is 19.2. The molecule has 0 heterocycles. The zero-order chi connectivity index (χ0) is 41.0. The minimum absolute atomic E-state index is 0.0328. The molecule has 8 N–H and O–H groups in total. The second-order valence-corrected chi connectivity index (χ2v) is 14.8. The lowest BCUT2D eigenvalue weighted by Gasteiger charge is -2.29. The Balaban J connectivity index is 2.89. The van der Waals surface area contributed by atoms with Crippen LogP contribution in [0.5, 0.6) is 0 Å². The number of anilines is 1. The third-order valence-electron chi connectivity index (χ3n) is 8.97. The Morgan fingerprint density at radius 3 is 1.93 bits per heavy atom. The summed E-state index contributed by atoms with van der Waals surface area (Å²) in [6.07, 6.45) is 2.10. The third-order valence-corrected chi connectivity index (χ3v) is 8.97. The Hall–Kier alpha value is -4.53. The fourth-order valence-corrected chi connectivity index (χ4v) is 5.66. The van der Waals surface area contributed by atoms with Crippen LogP contribution in [0.3, 0.4) is 0 Å². The van der Waals surface area contributed by atoms with E-state index in [2.05, 4.69) is 37.2 Å². The summed E-state index contributed by atoms with van der Waals surface area (Å²) in [5, 5.41) is 29.1. The van der Waals surface area contributed by atoms with Crippen LogP contribution in [-0.2, 0) is 40.1 Å². The molecule has 6 atom stereocenters. The molecule has 0 bridgehead atoms. The Morgan fingerprint density at radius 1 is 0.741 bits per heavy atom. The van der Waals surface area contributed by atoms with E-state index in [1.54, 1.807) is 31.2 Å². The summed E-state index contributed by atoms with van der Waals surface area (Å²) < 4.78 is 0. The molecule has 1 rings (SSSR count). The molecule has 0 fully saturated rings. The smallest absolute Gasteiger partial charge is 0.303 e. The van der Waals surface area contributed by atoms with Crippen LogP contribution in [0.25, 0.3) is 0 Å². The Morgan fingerprint density at radius 2 is 1.39 bits per heavy atom. The highest BCUT2D eigenvalue weighted by atomic mass is 16.4. The van der Waals surface area contributed by atoms with Crippen LogP contribution < -0.4 is 37.2 Å². The summed E-state index contributed by atoms with van der Waals surface area (Å²) in [6, 6.07) is 3.44. The van der Waals surface area contributed by atoms with Gasteiger partial charge in [-0.15, -0.1) is 0 Å². The molecule has 0 aliphatic heterocycles. The highest BCUT2D eigenvalue weighted by Crippen LogP contribution is 2.13. The molecule has 0 spiro atoms. The third kappa shape index (κ3) is 18.5. The molecule has 1 aromatic carbocycles. The first kappa shape index (κ1) is 47.5. The Bertz CT molecular complexity index is 1390. The highest BCUT2D eigenvalue weighted by Gasteiger charge is 2.31. The number of amides is 6. The largest absolute Gasteiger partial charge is 0.481 e. The number of carboxylic acid groups (broad SMARTS) is 1. The average molecular weight is 760 g/mol. The van der Waals surface area contributed by atoms with Gasteiger partial charge < -0.3 is 42.3 Å². The zero-order valence-corrected chi connectivity index (χ0v) is 33.6. The molecule has 0 unspecified atom stereocenters. The maximum absolute atomic E-state index is 13.6. The van der Waals surface area contributed by atoms with E-state index in [4.69, 9.17) is 5.11 Å². The van der Waals surface area contributed by atoms with E-state index in [1.807, 2.05) is 48.5 Å². The molecule has 15 heteroatoms. The van der Waals surface area contributed by atoms with Crippen LogP contribution in [-0.4, -0.2) is 83.3 Å². The second-order valence-electron chi connectivity index (χ2n) is 14.8. The predicted octanol–water partition coefficient (Wildman–Crippen LogP) is 2.98. The summed E-state index contributed by atoms with van der Waals surface area (Å²) in [6.45, 7) is 16.9. The van der Waals surface area contributed by atoms with E-state index in [-0.39, 0.29) is 79.8 Å². The van der Waals surface area contributed by atoms with Gasteiger partial charge in [-0.2, -0.15) is 0 Å². The number of carbonyl (C=O) groups is 7. The van der Waals surface area contributed by atoms with Crippen molar-refractivity contribution < 1.29 is 38.7 Å². The molecule has 15 nitrogen and oxygen atoms in total. The monoisotopic (exact) mass is 759 g/mol. The summed E-state index contributed by atoms with van der Waals surface area (Å²) >= 11 is 0. The molecule has 0 aliphatic rings. The number of rotatable bonds is 25. The Labute approximate surface area is 320 Å². The van der Waals surface area contributed by atoms with Gasteiger partial charge in [-0.25, -0.2) is 0 Å². The van der Waals surface area contributed by atoms with Gasteiger partial charge >= 0.3 is 5.97 Å². The maximum Gasteiger partial charge on any atom is 0.303 e. The van der Waals surface area contributed by atoms with Crippen molar-refractivity contribution in [2.45, 2.75) is 144 Å². The van der Waals surface area contributed by atoms with Crippen molar-refractivity contribution >= 4 is 47.1 Å². The van der Waals surface area contributed by atoms with Crippen LogP contribution in [0.2, 0.25) is 0 Å². The van der Waals surface area contributed by atoms with Crippen LogP contribution in [0, 0.1) is 17.8 Å². The predicted molar refractivity (Wildman–Crippen MR) is 208 cm³/mol. The van der Waals surface area contributed by atoms with E-state index in [9.17, 15) is 33.6 Å². The SMILES string of the molecule is CCC[C@H](NC(=O)[C@@H](NC(=O)CCCC(=O)O)[C@@H](C)CC)C(=O)N[C@H](CN[C@@H](C)C(=O)N[C@H](C(=O)NCc1ccc(NC(C)=O)cc1)C(C)C)CC(C)C. The van der Waals surface area contributed by atoms with Crippen molar-refractivity contribution in [3.8, 4) is 0 Å². The molecule has 0 aromatic heterocycles. The summed E-state index contributed by atoms with van der Waals surface area (Å²) in [4.78, 5) is 88.1. The maximum atomic E-state index is 13.6. The van der Waals surface area contributed by atoms with Gasteiger partial charge in [-0.3, -0.25) is 33.6 Å². The van der Waals surface area contributed by atoms with E-state index in [0.29, 0.717) is 31.4 Å². The lowest BCUT2D eigenvalue weighted by Crippen LogP contribution is -2.58. The molecule has 0 saturated carbocycles. The first-order chi connectivity index (χ1) is 25.4. The van der Waals surface area contributed by atoms with Crippen molar-refractivity contribution in [3.63, 3.8) is 0 Å². The van der Waals surface area contributed by atoms with Crippen molar-refractivity contribution in [3.05, 3.63) is 29.8 Å². The lowest BCUT2D eigenvalue weighted by molar-refractivity contribution is -0.137. The van der Waals surface area contributed by atoms with Crippen molar-refractivity contribution in [1.29, 1.82) is 0 Å². The van der Waals surface area contributed by atoms with Gasteiger partial charge in [-0.05, 0) is 61.6 Å². The van der Waals surface area contributed by atoms with Gasteiger partial charge in [0.2, 0.25) is 35.4 Å². The first-order valence-electron chi connectivity index (χ1n) is 19.2. The minimum Gasteiger partial charge on any atom is -0.481 e. The number of benzene rings is 1. The van der Waals surface area contributed by atoms with Gasteiger partial charge in [0, 0.05) is 44.6 Å². The van der Waals surface area contributed by atoms with E-state index in [1.165, 1.54) is 6.92 Å². The molecule has 0 saturated heterocycles. The van der Waals surface area contributed by atoms with E-state index < -0.39 is 42.0 Å². The molecule has 0 aliphatic carbocycles. The zero-order valence-electron chi connectivity index (χ0n) is 33.6. The minimum atomic E-state index is -1.00. The number of carbonyl (C=O) groups excluding carboxylic acids is 6. The van der Waals surface area contributed by atoms with E-state index in [0.717, 1.165) is 5.56 Å². The van der Waals surface area contributed by atoms with Gasteiger partial charge in [0.15, 0.2) is 0 Å². The number of aliphatic carboxylic acids is 1. The fraction of sp³-hybridized carbons (Fsp3) is 0.667. The molecular formula is C39H65N7O8. The van der Waals surface area contributed by atoms with Crippen molar-refractivity contribution in [2.75, 3.05) is 11.9 Å². The molecule has 6 amide bonds. The second kappa shape index (κ2) is 24.7. The molecular weight excluding hydrogens is 694 g/mol. The van der Waals surface area contributed by atoms with Crippen molar-refractivity contribution in [2.24, 2.45) is 17.8 Å². The standard InChI is InChI=1S/C39H65N7O8/c1-10-13-31(44-39(54)35(25(7)11-2)45-32(48)14-12-15-33(49)50)37(52)43-30(20-23(3)4)22-40-26(8)36(51)46-34(24(5)6)38(53)41-21-28-16-18-29(19-17-28)42-27(9)47/h16-19,23-26,30-31,34-35,40H,10-15,20-22H2,1-9H3,(H,41,53)(H,42,47)(H,43,52)(H,44,54)(H,45,48)(H,46,51)(H,49,50)/t25-,26-,30-,31-,34-,35-/m0/s1. The average Bonchev–Trinajstić information content (AvgIpc) is 3.09. The molecule has 54 heavy (non-hydrogen) atoms. The molecule has 304 valence electrons. The summed E-state index contributed by atoms with van der Waals surface area (Å²) in [7, 11) is 0. The van der Waals surface area contributed by atoms with Gasteiger partial charge in [-0.1, -0.05) is 73.4 Å². The molecule has 0 radical (unpaired) electrons. The summed E-state index contributed by atoms with van der Waals surface area (Å²) in [5.74, 6) is -3.44. The quantitative estimate of drug-likeness (QED) is 0.0733. The highest BCUT2D eigenvalue weighted by molar-refractivity contribution is 5.93. The normalized spacial score (nSPS) is 14.5. The fourth-order valence-electron chi connectivity index (χ4n) is 5.66. The molecule has 1 aromatic rings. The van der Waals surface area contributed by atoms with Crippen LogP contribution in [0.4, 0.5) is 5.69 Å². The topological polar surface area (TPSA) is 224 Å². The number of hydrogen-bond donors (Lipinski definition) is 8. The van der Waals surface area contributed by atoms with Gasteiger partial charge in [0.05, 0.1) is 6.04 Å². The number of nitrogens with one attached hydrogen (secondary N) is 7. The van der Waals surface area contributed by atoms with Crippen LogP contribution >= 0.6 is 0 Å². The van der Waals surface area contributed by atoms with Crippen LogP contribution in [0.15, 0.2) is 24.3 Å². The number of carboxylic acids is 1. The lowest BCUT2D eigenvalue weighted by atomic mass is 9.97. The van der Waals surface area contributed by atoms with Gasteiger partial charge in [0.1, 0.15) is 18.1 Å². The van der Waals surface area contributed by atoms with E-state index >= 15 is 0 Å². The van der Waals surface area contributed by atoms with Gasteiger partial charge in [0.25, 0.3) is 0 Å². The number of hydrogen-bond acceptors (Lipinski definition) is 8. The van der Waals surface area contributed by atoms with Crippen LogP contribution in [0.1, 0.15) is 113 Å². The summed E-state index contributed by atoms with van der Waals surface area (Å²) in [5.41, 5.74) is 1.47.